The molecular weight excluding hydrogens is 961 g/mol. The first-order chi connectivity index (χ1) is 36.4. The molecule has 0 bridgehead atoms. The maximum atomic E-state index is 17.5. The van der Waals surface area contributed by atoms with Crippen molar-refractivity contribution in [3.63, 3.8) is 0 Å². The predicted octanol–water partition coefficient (Wildman–Crippen LogP) is 7.93. The number of amides is 3. The molecule has 75 heavy (non-hydrogen) atoms. The van der Waals surface area contributed by atoms with E-state index in [0.29, 0.717) is 86.7 Å². The summed E-state index contributed by atoms with van der Waals surface area (Å²) >= 11 is 0. The van der Waals surface area contributed by atoms with Gasteiger partial charge in [0.1, 0.15) is 41.8 Å². The summed E-state index contributed by atoms with van der Waals surface area (Å²) < 4.78 is 53.3. The number of piperidine rings is 1. The molecule has 3 aromatic carbocycles. The van der Waals surface area contributed by atoms with Gasteiger partial charge in [0.2, 0.25) is 11.8 Å². The van der Waals surface area contributed by atoms with Crippen LogP contribution in [-0.4, -0.2) is 128 Å². The quantitative estimate of drug-likeness (QED) is 0.111. The lowest BCUT2D eigenvalue weighted by molar-refractivity contribution is -0.134. The number of phenolic OH excluding ortho intramolecular Hbond substituents is 1. The standard InChI is InChI=1S/C57H59F2N9O7/c1-3-38-42(58)11-7-34-24-37(69)26-41(46(34)38)50-48(59)51-47-43(60-50)12-8-35-27-73-23-5-21-67(35)52(47)63-54(62-51)75-31-57-17-4-22-68(57)36(16-20-57)28-74-55(72)66-29-56(30-66)18-14-32(15-19-56)33-6-9-39-44(25-33)65(2)64-49(39)40-10-13-45(70)61-53(40)71/h1,6-7,9,11,24-26,32,35-36,40,69H,4-5,8,10,12-23,27-31H2,2H3,(H,61,70,71)/t35-,36-,40?,57-/m0/s1. The van der Waals surface area contributed by atoms with E-state index in [4.69, 9.17) is 40.7 Å². The highest BCUT2D eigenvalue weighted by atomic mass is 19.1. The zero-order chi connectivity index (χ0) is 51.3. The summed E-state index contributed by atoms with van der Waals surface area (Å²) in [6, 6.07) is 12.0. The molecule has 18 heteroatoms. The minimum absolute atomic E-state index is 0.0196. The minimum atomic E-state index is -0.751. The highest BCUT2D eigenvalue weighted by Gasteiger charge is 2.52. The normalized spacial score (nSPS) is 24.7. The van der Waals surface area contributed by atoms with Crippen molar-refractivity contribution >= 4 is 56.3 Å². The molecule has 4 atom stereocenters. The van der Waals surface area contributed by atoms with Crippen LogP contribution in [0, 0.1) is 29.4 Å². The molecule has 7 aliphatic rings. The summed E-state index contributed by atoms with van der Waals surface area (Å²) in [6.07, 6.45) is 15.8. The zero-order valence-corrected chi connectivity index (χ0v) is 42.0. The van der Waals surface area contributed by atoms with E-state index in [1.54, 1.807) is 0 Å². The number of carbonyl (C=O) groups is 3. The molecule has 6 fully saturated rings. The number of rotatable bonds is 8. The molecule has 1 unspecified atom stereocenters. The first-order valence-corrected chi connectivity index (χ1v) is 26.7. The number of hydrogen-bond donors (Lipinski definition) is 2. The molecule has 5 saturated heterocycles. The van der Waals surface area contributed by atoms with Gasteiger partial charge in [0.15, 0.2) is 5.82 Å². The summed E-state index contributed by atoms with van der Waals surface area (Å²) in [5.41, 5.74) is 3.34. The van der Waals surface area contributed by atoms with Crippen molar-refractivity contribution in [1.29, 1.82) is 0 Å². The topological polar surface area (TPSA) is 177 Å². The van der Waals surface area contributed by atoms with Gasteiger partial charge in [-0.25, -0.2) is 18.6 Å². The Labute approximate surface area is 432 Å². The number of terminal acetylenes is 1. The smallest absolute Gasteiger partial charge is 0.409 e. The third-order valence-corrected chi connectivity index (χ3v) is 17.9. The van der Waals surface area contributed by atoms with Gasteiger partial charge in [-0.05, 0) is 125 Å². The third kappa shape index (κ3) is 8.10. The maximum Gasteiger partial charge on any atom is 0.409 e. The second kappa shape index (κ2) is 18.4. The number of nitrogens with zero attached hydrogens (tertiary/aromatic N) is 8. The second-order valence-electron chi connectivity index (χ2n) is 22.2. The SMILES string of the molecule is C#Cc1c(F)ccc2cc(O)cc(-c3nc4c5c(nc(OC[C@@]67CCCN6[C@H](COC(=O)N6CC8(CCC(c9ccc%10c(C%11CCC(=O)NC%11=O)nn(C)c%10c9)CC8)C6)CC7)nc5c3F)N3CCCOC[C@@H]3CC4)c12. The van der Waals surface area contributed by atoms with Crippen LogP contribution in [0.1, 0.15) is 111 Å². The summed E-state index contributed by atoms with van der Waals surface area (Å²) in [5, 5.41) is 20.2. The fourth-order valence-corrected chi connectivity index (χ4v) is 14.0. The van der Waals surface area contributed by atoms with Crippen molar-refractivity contribution in [2.75, 3.05) is 57.5 Å². The van der Waals surface area contributed by atoms with Crippen molar-refractivity contribution in [2.45, 2.75) is 113 Å². The van der Waals surface area contributed by atoms with Gasteiger partial charge in [0, 0.05) is 67.5 Å². The number of pyridine rings is 1. The first kappa shape index (κ1) is 47.7. The van der Waals surface area contributed by atoms with Crippen LogP contribution in [0.3, 0.4) is 0 Å². The Morgan fingerprint density at radius 2 is 1.81 bits per heavy atom. The number of likely N-dealkylation sites (tertiary alicyclic amines) is 1. The number of aromatic nitrogens is 5. The summed E-state index contributed by atoms with van der Waals surface area (Å²) in [7, 11) is 1.90. The van der Waals surface area contributed by atoms with Gasteiger partial charge < -0.3 is 29.1 Å². The number of halogens is 2. The van der Waals surface area contributed by atoms with E-state index in [1.807, 2.05) is 16.6 Å². The number of nitrogens with one attached hydrogen (secondary N) is 1. The highest BCUT2D eigenvalue weighted by molar-refractivity contribution is 6.04. The Morgan fingerprint density at radius 3 is 2.64 bits per heavy atom. The van der Waals surface area contributed by atoms with Gasteiger partial charge in [-0.15, -0.1) is 6.42 Å². The van der Waals surface area contributed by atoms with E-state index < -0.39 is 17.6 Å². The van der Waals surface area contributed by atoms with Crippen molar-refractivity contribution < 1.29 is 42.5 Å². The Kier molecular flexibility index (Phi) is 11.7. The molecule has 1 saturated carbocycles. The Bertz CT molecular complexity index is 3400. The van der Waals surface area contributed by atoms with Gasteiger partial charge in [0.25, 0.3) is 0 Å². The Balaban J connectivity index is 0.681. The van der Waals surface area contributed by atoms with E-state index in [9.17, 15) is 19.5 Å². The number of aryl methyl sites for hydroxylation is 2. The van der Waals surface area contributed by atoms with Crippen LogP contribution in [-0.2, 0) is 32.5 Å². The number of phenols is 1. The molecule has 1 spiro atoms. The fraction of sp³-hybridized carbons (Fsp3) is 0.491. The average Bonchev–Trinajstić information content (AvgIpc) is 3.99. The van der Waals surface area contributed by atoms with Crippen LogP contribution in [0.15, 0.2) is 42.5 Å². The molecule has 388 valence electrons. The van der Waals surface area contributed by atoms with E-state index in [1.165, 1.54) is 29.8 Å². The van der Waals surface area contributed by atoms with Gasteiger partial charge in [-0.3, -0.25) is 24.5 Å². The van der Waals surface area contributed by atoms with Crippen molar-refractivity contribution in [3.8, 4) is 35.4 Å². The van der Waals surface area contributed by atoms with Crippen LogP contribution in [0.25, 0.3) is 43.8 Å². The number of imide groups is 1. The van der Waals surface area contributed by atoms with Crippen molar-refractivity contribution in [2.24, 2.45) is 12.5 Å². The summed E-state index contributed by atoms with van der Waals surface area (Å²) in [6.45, 7) is 4.46. The number of hydrogen-bond acceptors (Lipinski definition) is 13. The van der Waals surface area contributed by atoms with Crippen LogP contribution in [0.4, 0.5) is 19.4 Å². The molecule has 3 amide bonds. The summed E-state index contributed by atoms with van der Waals surface area (Å²) in [5.74, 6) is 0.870. The van der Waals surface area contributed by atoms with E-state index in [2.05, 4.69) is 39.2 Å². The third-order valence-electron chi connectivity index (χ3n) is 17.9. The minimum Gasteiger partial charge on any atom is -0.508 e. The molecule has 13 rings (SSSR count). The number of benzene rings is 3. The molecule has 0 radical (unpaired) electrons. The lowest BCUT2D eigenvalue weighted by atomic mass is 9.65. The monoisotopic (exact) mass is 1020 g/mol. The summed E-state index contributed by atoms with van der Waals surface area (Å²) in [4.78, 5) is 59.3. The Morgan fingerprint density at radius 1 is 0.960 bits per heavy atom. The lowest BCUT2D eigenvalue weighted by Crippen LogP contribution is -2.59. The van der Waals surface area contributed by atoms with Crippen molar-refractivity contribution in [1.82, 2.24) is 39.8 Å². The average molecular weight is 1020 g/mol. The molecule has 9 heterocycles. The molecule has 16 nitrogen and oxygen atoms in total. The molecule has 3 aromatic heterocycles. The van der Waals surface area contributed by atoms with E-state index in [-0.39, 0.29) is 93.6 Å². The van der Waals surface area contributed by atoms with Gasteiger partial charge in [-0.2, -0.15) is 15.1 Å². The molecule has 6 aromatic rings. The van der Waals surface area contributed by atoms with Crippen LogP contribution in [0.5, 0.6) is 11.8 Å². The van der Waals surface area contributed by atoms with E-state index in [0.717, 1.165) is 80.9 Å². The maximum absolute atomic E-state index is 17.5. The van der Waals surface area contributed by atoms with Crippen molar-refractivity contribution in [3.05, 3.63) is 76.6 Å². The number of ether oxygens (including phenoxy) is 3. The van der Waals surface area contributed by atoms with Gasteiger partial charge in [0.05, 0.1) is 52.0 Å². The number of carbonyl (C=O) groups excluding carboxylic acids is 3. The van der Waals surface area contributed by atoms with E-state index >= 15 is 8.78 Å². The number of anilines is 1. The second-order valence-corrected chi connectivity index (χ2v) is 22.2. The molecule has 2 N–H and O–H groups in total. The predicted molar refractivity (Wildman–Crippen MR) is 274 cm³/mol. The first-order valence-electron chi connectivity index (χ1n) is 26.7. The van der Waals surface area contributed by atoms with Gasteiger partial charge >= 0.3 is 12.1 Å². The van der Waals surface area contributed by atoms with Gasteiger partial charge in [-0.1, -0.05) is 24.1 Å². The molecule has 6 aliphatic heterocycles. The highest BCUT2D eigenvalue weighted by Crippen LogP contribution is 2.50. The number of fused-ring (bicyclic) bond motifs is 5. The molecular formula is C57H59F2N9O7. The number of aromatic hydroxyl groups is 1. The zero-order valence-electron chi connectivity index (χ0n) is 42.0. The lowest BCUT2D eigenvalue weighted by Gasteiger charge is -2.53. The van der Waals surface area contributed by atoms with Crippen LogP contribution >= 0.6 is 0 Å². The van der Waals surface area contributed by atoms with Crippen LogP contribution < -0.4 is 15.0 Å². The fourth-order valence-electron chi connectivity index (χ4n) is 14.0. The largest absolute Gasteiger partial charge is 0.508 e. The Hall–Kier alpha value is -6.97. The van der Waals surface area contributed by atoms with Crippen LogP contribution in [0.2, 0.25) is 0 Å². The molecule has 1 aliphatic carbocycles.